The number of nitrogens with zero attached hydrogens (tertiary/aromatic N) is 1. The molecule has 1 atom stereocenters. The maximum Gasteiger partial charge on any atom is 0.304 e. The molecule has 0 bridgehead atoms. The summed E-state index contributed by atoms with van der Waals surface area (Å²) in [6, 6.07) is 7.32. The Bertz CT molecular complexity index is 469. The molecule has 1 amide bonds. The van der Waals surface area contributed by atoms with Gasteiger partial charge in [0.25, 0.3) is 5.91 Å². The van der Waals surface area contributed by atoms with Gasteiger partial charge in [0.05, 0.1) is 5.69 Å². The standard InChI is InChI=1S/C12H13NO3/c1-8(14)16-12(2)9-6-4-5-7-10(9)13(3)11(12)15/h4-7H,1-3H3. The summed E-state index contributed by atoms with van der Waals surface area (Å²) < 4.78 is 5.18. The number of carbonyl (C=O) groups excluding carboxylic acids is 2. The van der Waals surface area contributed by atoms with E-state index < -0.39 is 11.6 Å². The van der Waals surface area contributed by atoms with Gasteiger partial charge in [0, 0.05) is 19.5 Å². The molecule has 1 unspecified atom stereocenters. The highest BCUT2D eigenvalue weighted by molar-refractivity contribution is 6.07. The lowest BCUT2D eigenvalue weighted by atomic mass is 9.97. The monoisotopic (exact) mass is 219 g/mol. The van der Waals surface area contributed by atoms with E-state index >= 15 is 0 Å². The molecule has 0 saturated carbocycles. The Kier molecular flexibility index (Phi) is 2.22. The maximum absolute atomic E-state index is 12.1. The van der Waals surface area contributed by atoms with Gasteiger partial charge in [0.2, 0.25) is 5.60 Å². The lowest BCUT2D eigenvalue weighted by molar-refractivity contribution is -0.163. The summed E-state index contributed by atoms with van der Waals surface area (Å²) in [5.74, 6) is -0.676. The van der Waals surface area contributed by atoms with E-state index in [0.717, 1.165) is 11.3 Å². The highest BCUT2D eigenvalue weighted by atomic mass is 16.6. The van der Waals surface area contributed by atoms with Crippen LogP contribution in [0.1, 0.15) is 19.4 Å². The third kappa shape index (κ3) is 1.30. The lowest BCUT2D eigenvalue weighted by Gasteiger charge is -2.22. The van der Waals surface area contributed by atoms with E-state index in [9.17, 15) is 9.59 Å². The molecule has 1 aliphatic heterocycles. The second kappa shape index (κ2) is 3.33. The molecule has 4 heteroatoms. The summed E-state index contributed by atoms with van der Waals surface area (Å²) in [4.78, 5) is 24.7. The second-order valence-corrected chi connectivity index (χ2v) is 4.01. The van der Waals surface area contributed by atoms with Crippen molar-refractivity contribution in [2.75, 3.05) is 11.9 Å². The quantitative estimate of drug-likeness (QED) is 0.671. The molecule has 2 rings (SSSR count). The predicted octanol–water partition coefficient (Wildman–Crippen LogP) is 1.44. The highest BCUT2D eigenvalue weighted by Gasteiger charge is 2.48. The molecule has 0 aromatic heterocycles. The third-order valence-corrected chi connectivity index (χ3v) is 2.84. The van der Waals surface area contributed by atoms with E-state index in [1.807, 2.05) is 18.2 Å². The average Bonchev–Trinajstić information content (AvgIpc) is 2.42. The van der Waals surface area contributed by atoms with E-state index in [4.69, 9.17) is 4.74 Å². The SMILES string of the molecule is CC(=O)OC1(C)C(=O)N(C)c2ccccc21. The van der Waals surface area contributed by atoms with Crippen molar-refractivity contribution >= 4 is 17.6 Å². The number of carbonyl (C=O) groups is 2. The van der Waals surface area contributed by atoms with Crippen LogP contribution in [0.4, 0.5) is 5.69 Å². The number of rotatable bonds is 1. The zero-order valence-electron chi connectivity index (χ0n) is 9.48. The fraction of sp³-hybridized carbons (Fsp3) is 0.333. The molecule has 16 heavy (non-hydrogen) atoms. The minimum Gasteiger partial charge on any atom is -0.444 e. The Balaban J connectivity index is 2.56. The Morgan fingerprint density at radius 2 is 2.00 bits per heavy atom. The number of esters is 1. The number of hydrogen-bond acceptors (Lipinski definition) is 3. The van der Waals surface area contributed by atoms with Crippen LogP contribution in [0.2, 0.25) is 0 Å². The minimum absolute atomic E-state index is 0.219. The average molecular weight is 219 g/mol. The number of anilines is 1. The molecule has 1 aromatic carbocycles. The largest absolute Gasteiger partial charge is 0.444 e. The molecule has 0 spiro atoms. The first-order valence-electron chi connectivity index (χ1n) is 5.04. The molecule has 0 saturated heterocycles. The first-order chi connectivity index (χ1) is 7.47. The van der Waals surface area contributed by atoms with Gasteiger partial charge in [0.15, 0.2) is 0 Å². The molecule has 4 nitrogen and oxygen atoms in total. The van der Waals surface area contributed by atoms with Crippen LogP contribution in [0.5, 0.6) is 0 Å². The Morgan fingerprint density at radius 3 is 2.62 bits per heavy atom. The Morgan fingerprint density at radius 1 is 1.38 bits per heavy atom. The van der Waals surface area contributed by atoms with Crippen LogP contribution in [0.3, 0.4) is 0 Å². The summed E-state index contributed by atoms with van der Waals surface area (Å²) >= 11 is 0. The number of amides is 1. The van der Waals surface area contributed by atoms with Crippen LogP contribution in [-0.4, -0.2) is 18.9 Å². The molecule has 0 fully saturated rings. The molecule has 1 aromatic rings. The van der Waals surface area contributed by atoms with Crippen molar-refractivity contribution in [2.45, 2.75) is 19.4 Å². The minimum atomic E-state index is -1.18. The molecule has 1 heterocycles. The van der Waals surface area contributed by atoms with Gasteiger partial charge in [-0.15, -0.1) is 0 Å². The van der Waals surface area contributed by atoms with Crippen LogP contribution in [0, 0.1) is 0 Å². The zero-order chi connectivity index (χ0) is 11.9. The van der Waals surface area contributed by atoms with Crippen molar-refractivity contribution in [1.29, 1.82) is 0 Å². The molecule has 1 aliphatic rings. The van der Waals surface area contributed by atoms with E-state index in [1.54, 1.807) is 20.0 Å². The first-order valence-corrected chi connectivity index (χ1v) is 5.04. The summed E-state index contributed by atoms with van der Waals surface area (Å²) in [7, 11) is 1.68. The van der Waals surface area contributed by atoms with Gasteiger partial charge in [-0.05, 0) is 13.0 Å². The van der Waals surface area contributed by atoms with E-state index in [1.165, 1.54) is 11.8 Å². The summed E-state index contributed by atoms with van der Waals surface area (Å²) in [5, 5.41) is 0. The number of likely N-dealkylation sites (N-methyl/N-ethyl adjacent to an activating group) is 1. The normalized spacial score (nSPS) is 23.2. The number of ether oxygens (including phenoxy) is 1. The van der Waals surface area contributed by atoms with Gasteiger partial charge < -0.3 is 9.64 Å². The molecular formula is C12H13NO3. The summed E-state index contributed by atoms with van der Waals surface area (Å²) in [6.07, 6.45) is 0. The summed E-state index contributed by atoms with van der Waals surface area (Å²) in [5.41, 5.74) is 0.339. The summed E-state index contributed by atoms with van der Waals surface area (Å²) in [6.45, 7) is 2.93. The third-order valence-electron chi connectivity index (χ3n) is 2.84. The van der Waals surface area contributed by atoms with Gasteiger partial charge in [-0.2, -0.15) is 0 Å². The molecular weight excluding hydrogens is 206 g/mol. The second-order valence-electron chi connectivity index (χ2n) is 4.01. The van der Waals surface area contributed by atoms with Crippen LogP contribution in [0.15, 0.2) is 24.3 Å². The van der Waals surface area contributed by atoms with Gasteiger partial charge in [-0.3, -0.25) is 9.59 Å². The zero-order valence-corrected chi connectivity index (χ0v) is 9.48. The van der Waals surface area contributed by atoms with E-state index in [2.05, 4.69) is 0 Å². The van der Waals surface area contributed by atoms with Crippen LogP contribution in [0.25, 0.3) is 0 Å². The van der Waals surface area contributed by atoms with E-state index in [0.29, 0.717) is 0 Å². The van der Waals surface area contributed by atoms with Crippen molar-refractivity contribution < 1.29 is 14.3 Å². The van der Waals surface area contributed by atoms with Crippen molar-refractivity contribution in [3.63, 3.8) is 0 Å². The van der Waals surface area contributed by atoms with Crippen LogP contribution < -0.4 is 4.90 Å². The fourth-order valence-corrected chi connectivity index (χ4v) is 2.10. The number of fused-ring (bicyclic) bond motifs is 1. The maximum atomic E-state index is 12.1. The van der Waals surface area contributed by atoms with Gasteiger partial charge in [-0.25, -0.2) is 0 Å². The fourth-order valence-electron chi connectivity index (χ4n) is 2.10. The van der Waals surface area contributed by atoms with Crippen LogP contribution in [-0.2, 0) is 19.9 Å². The highest BCUT2D eigenvalue weighted by Crippen LogP contribution is 2.41. The van der Waals surface area contributed by atoms with Crippen molar-refractivity contribution in [3.8, 4) is 0 Å². The van der Waals surface area contributed by atoms with Crippen molar-refractivity contribution in [3.05, 3.63) is 29.8 Å². The lowest BCUT2D eigenvalue weighted by Crippen LogP contribution is -2.39. The van der Waals surface area contributed by atoms with Crippen molar-refractivity contribution in [1.82, 2.24) is 0 Å². The van der Waals surface area contributed by atoms with Gasteiger partial charge in [-0.1, -0.05) is 18.2 Å². The van der Waals surface area contributed by atoms with Crippen molar-refractivity contribution in [2.24, 2.45) is 0 Å². The Hall–Kier alpha value is -1.84. The molecule has 0 aliphatic carbocycles. The predicted molar refractivity (Wildman–Crippen MR) is 59.0 cm³/mol. The Labute approximate surface area is 93.8 Å². The van der Waals surface area contributed by atoms with Gasteiger partial charge in [0.1, 0.15) is 0 Å². The molecule has 84 valence electrons. The van der Waals surface area contributed by atoms with Gasteiger partial charge >= 0.3 is 5.97 Å². The molecule has 0 radical (unpaired) electrons. The topological polar surface area (TPSA) is 46.6 Å². The first kappa shape index (κ1) is 10.7. The van der Waals surface area contributed by atoms with Crippen LogP contribution >= 0.6 is 0 Å². The smallest absolute Gasteiger partial charge is 0.304 e. The number of para-hydroxylation sites is 1. The number of benzene rings is 1. The molecule has 0 N–H and O–H groups in total. The number of hydrogen-bond donors (Lipinski definition) is 0. The van der Waals surface area contributed by atoms with E-state index in [-0.39, 0.29) is 5.91 Å².